The SMILES string of the molecule is CC(C)(C)OC(=O)N1C=C(COS(C)(=O)=O)CC1. The monoisotopic (exact) mass is 277 g/mol. The highest BCUT2D eigenvalue weighted by molar-refractivity contribution is 7.85. The Morgan fingerprint density at radius 2 is 2.06 bits per heavy atom. The zero-order valence-electron chi connectivity index (χ0n) is 11.1. The Hall–Kier alpha value is -1.08. The van der Waals surface area contributed by atoms with Crippen molar-refractivity contribution in [3.05, 3.63) is 11.8 Å². The lowest BCUT2D eigenvalue weighted by atomic mass is 10.2. The number of carbonyl (C=O) groups excluding carboxylic acids is 1. The Balaban J connectivity index is 2.53. The average Bonchev–Trinajstić information content (AvgIpc) is 2.58. The quantitative estimate of drug-likeness (QED) is 0.731. The number of amides is 1. The summed E-state index contributed by atoms with van der Waals surface area (Å²) in [6.45, 7) is 5.84. The molecule has 0 aromatic carbocycles. The fourth-order valence-electron chi connectivity index (χ4n) is 1.37. The Bertz CT molecular complexity index is 447. The number of nitrogens with zero attached hydrogens (tertiary/aromatic N) is 1. The van der Waals surface area contributed by atoms with Crippen molar-refractivity contribution in [1.29, 1.82) is 0 Å². The third kappa shape index (κ3) is 5.50. The van der Waals surface area contributed by atoms with Crippen LogP contribution < -0.4 is 0 Å². The van der Waals surface area contributed by atoms with E-state index in [-0.39, 0.29) is 6.61 Å². The number of hydrogen-bond acceptors (Lipinski definition) is 5. The van der Waals surface area contributed by atoms with Crippen LogP contribution in [0.25, 0.3) is 0 Å². The lowest BCUT2D eigenvalue weighted by Gasteiger charge is -2.23. The largest absolute Gasteiger partial charge is 0.443 e. The molecule has 0 aliphatic carbocycles. The fourth-order valence-corrected chi connectivity index (χ4v) is 1.74. The number of rotatable bonds is 3. The highest BCUT2D eigenvalue weighted by Crippen LogP contribution is 2.18. The van der Waals surface area contributed by atoms with Gasteiger partial charge in [0.25, 0.3) is 10.1 Å². The Morgan fingerprint density at radius 1 is 1.44 bits per heavy atom. The van der Waals surface area contributed by atoms with Crippen molar-refractivity contribution < 1.29 is 22.1 Å². The summed E-state index contributed by atoms with van der Waals surface area (Å²) in [5.74, 6) is 0. The average molecular weight is 277 g/mol. The van der Waals surface area contributed by atoms with Crippen LogP contribution in [0.1, 0.15) is 27.2 Å². The van der Waals surface area contributed by atoms with E-state index in [4.69, 9.17) is 4.74 Å². The van der Waals surface area contributed by atoms with Crippen LogP contribution >= 0.6 is 0 Å². The van der Waals surface area contributed by atoms with Crippen molar-refractivity contribution >= 4 is 16.2 Å². The number of hydrogen-bond donors (Lipinski definition) is 0. The predicted molar refractivity (Wildman–Crippen MR) is 66.4 cm³/mol. The van der Waals surface area contributed by atoms with Crippen LogP contribution in [0.15, 0.2) is 11.8 Å². The van der Waals surface area contributed by atoms with Crippen molar-refractivity contribution in [2.75, 3.05) is 19.4 Å². The second-order valence-electron chi connectivity index (χ2n) is 5.18. The van der Waals surface area contributed by atoms with Crippen LogP contribution in [0.2, 0.25) is 0 Å². The van der Waals surface area contributed by atoms with Gasteiger partial charge in [-0.15, -0.1) is 0 Å². The lowest BCUT2D eigenvalue weighted by molar-refractivity contribution is 0.0349. The molecule has 0 bridgehead atoms. The first-order valence-corrected chi connectivity index (χ1v) is 7.42. The van der Waals surface area contributed by atoms with Crippen molar-refractivity contribution in [3.8, 4) is 0 Å². The molecule has 1 aliphatic heterocycles. The Labute approximate surface area is 108 Å². The van der Waals surface area contributed by atoms with Gasteiger partial charge in [-0.25, -0.2) is 4.79 Å². The van der Waals surface area contributed by atoms with Crippen LogP contribution in [0, 0.1) is 0 Å². The molecule has 1 amide bonds. The first-order chi connectivity index (χ1) is 8.07. The Morgan fingerprint density at radius 3 is 2.56 bits per heavy atom. The topological polar surface area (TPSA) is 72.9 Å². The maximum absolute atomic E-state index is 11.7. The summed E-state index contributed by atoms with van der Waals surface area (Å²) in [5.41, 5.74) is 0.211. The summed E-state index contributed by atoms with van der Waals surface area (Å²) in [6.07, 6.45) is 2.74. The number of carbonyl (C=O) groups is 1. The van der Waals surface area contributed by atoms with Crippen molar-refractivity contribution in [2.45, 2.75) is 32.8 Å². The van der Waals surface area contributed by atoms with Crippen LogP contribution in [0.3, 0.4) is 0 Å². The van der Waals surface area contributed by atoms with Gasteiger partial charge in [0.15, 0.2) is 0 Å². The van der Waals surface area contributed by atoms with Gasteiger partial charge in [-0.3, -0.25) is 9.08 Å². The molecule has 1 aliphatic rings. The molecule has 18 heavy (non-hydrogen) atoms. The molecule has 1 heterocycles. The third-order valence-electron chi connectivity index (χ3n) is 2.10. The van der Waals surface area contributed by atoms with E-state index in [1.54, 1.807) is 27.0 Å². The second kappa shape index (κ2) is 5.27. The standard InChI is InChI=1S/C11H19NO5S/c1-11(2,3)17-10(13)12-6-5-9(7-12)8-16-18(4,14)15/h7H,5-6,8H2,1-4H3. The minimum Gasteiger partial charge on any atom is -0.443 e. The molecule has 104 valence electrons. The summed E-state index contributed by atoms with van der Waals surface area (Å²) >= 11 is 0. The van der Waals surface area contributed by atoms with Crippen LogP contribution in [0.5, 0.6) is 0 Å². The van der Waals surface area contributed by atoms with E-state index in [0.29, 0.717) is 13.0 Å². The molecule has 6 nitrogen and oxygen atoms in total. The zero-order valence-corrected chi connectivity index (χ0v) is 11.9. The molecule has 1 rings (SSSR count). The smallest absolute Gasteiger partial charge is 0.414 e. The predicted octanol–water partition coefficient (Wildman–Crippen LogP) is 1.49. The van der Waals surface area contributed by atoms with Gasteiger partial charge in [-0.1, -0.05) is 0 Å². The van der Waals surface area contributed by atoms with E-state index in [1.807, 2.05) is 0 Å². The Kier molecular flexibility index (Phi) is 4.39. The molecule has 7 heteroatoms. The molecule has 0 unspecified atom stereocenters. The van der Waals surface area contributed by atoms with Crippen molar-refractivity contribution in [1.82, 2.24) is 4.90 Å². The molecule has 0 spiro atoms. The van der Waals surface area contributed by atoms with E-state index in [9.17, 15) is 13.2 Å². The molecule has 0 fully saturated rings. The van der Waals surface area contributed by atoms with Gasteiger partial charge in [-0.05, 0) is 32.8 Å². The molecule has 0 aromatic rings. The first kappa shape index (κ1) is 15.0. The molecule has 0 atom stereocenters. The normalized spacial score (nSPS) is 16.7. The molecule has 0 aromatic heterocycles. The summed E-state index contributed by atoms with van der Waals surface area (Å²) in [5, 5.41) is 0. The summed E-state index contributed by atoms with van der Waals surface area (Å²) in [6, 6.07) is 0. The van der Waals surface area contributed by atoms with Gasteiger partial charge in [0.05, 0.1) is 12.9 Å². The number of ether oxygens (including phenoxy) is 1. The highest BCUT2D eigenvalue weighted by Gasteiger charge is 2.24. The maximum Gasteiger partial charge on any atom is 0.414 e. The summed E-state index contributed by atoms with van der Waals surface area (Å²) < 4.78 is 31.5. The molecular formula is C11H19NO5S. The lowest BCUT2D eigenvalue weighted by Crippen LogP contribution is -2.32. The van der Waals surface area contributed by atoms with Crippen molar-refractivity contribution in [3.63, 3.8) is 0 Å². The molecular weight excluding hydrogens is 258 g/mol. The van der Waals surface area contributed by atoms with E-state index in [2.05, 4.69) is 4.18 Å². The molecule has 0 saturated carbocycles. The first-order valence-electron chi connectivity index (χ1n) is 5.60. The molecule has 0 N–H and O–H groups in total. The third-order valence-corrected chi connectivity index (χ3v) is 2.64. The summed E-state index contributed by atoms with van der Waals surface area (Å²) in [7, 11) is -3.45. The van der Waals surface area contributed by atoms with E-state index in [1.165, 1.54) is 4.90 Å². The fraction of sp³-hybridized carbons (Fsp3) is 0.727. The highest BCUT2D eigenvalue weighted by atomic mass is 32.2. The minimum atomic E-state index is -3.45. The van der Waals surface area contributed by atoms with E-state index in [0.717, 1.165) is 11.8 Å². The van der Waals surface area contributed by atoms with Gasteiger partial charge in [0.1, 0.15) is 5.60 Å². The van der Waals surface area contributed by atoms with Gasteiger partial charge < -0.3 is 4.74 Å². The summed E-state index contributed by atoms with van der Waals surface area (Å²) in [4.78, 5) is 13.1. The van der Waals surface area contributed by atoms with Gasteiger partial charge in [0.2, 0.25) is 0 Å². The van der Waals surface area contributed by atoms with Crippen molar-refractivity contribution in [2.24, 2.45) is 0 Å². The van der Waals surface area contributed by atoms with Crippen LogP contribution in [-0.4, -0.2) is 44.4 Å². The van der Waals surface area contributed by atoms with Gasteiger partial charge in [0, 0.05) is 12.7 Å². The molecule has 0 radical (unpaired) electrons. The maximum atomic E-state index is 11.7. The van der Waals surface area contributed by atoms with Gasteiger partial charge in [-0.2, -0.15) is 8.42 Å². The van der Waals surface area contributed by atoms with Crippen LogP contribution in [0.4, 0.5) is 4.79 Å². The van der Waals surface area contributed by atoms with Crippen LogP contribution in [-0.2, 0) is 19.0 Å². The molecule has 0 saturated heterocycles. The van der Waals surface area contributed by atoms with Gasteiger partial charge >= 0.3 is 6.09 Å². The zero-order chi connectivity index (χ0) is 14.0. The second-order valence-corrected chi connectivity index (χ2v) is 6.82. The van der Waals surface area contributed by atoms with E-state index >= 15 is 0 Å². The minimum absolute atomic E-state index is 0.0157. The van der Waals surface area contributed by atoms with E-state index < -0.39 is 21.8 Å².